The van der Waals surface area contributed by atoms with Crippen LogP contribution in [0.4, 0.5) is 5.69 Å². The summed E-state index contributed by atoms with van der Waals surface area (Å²) in [5, 5.41) is 0.310. The van der Waals surface area contributed by atoms with E-state index in [0.717, 1.165) is 5.69 Å². The molecule has 32 heavy (non-hydrogen) atoms. The zero-order chi connectivity index (χ0) is 22.5. The zero-order valence-electron chi connectivity index (χ0n) is 18.4. The summed E-state index contributed by atoms with van der Waals surface area (Å²) < 4.78 is 0. The Bertz CT molecular complexity index is 1110. The quantitative estimate of drug-likeness (QED) is 0.168. The minimum atomic E-state index is -3.27. The van der Waals surface area contributed by atoms with Crippen LogP contribution in [0.15, 0.2) is 121 Å². The molecule has 0 N–H and O–H groups in total. The molecular weight excluding hydrogens is 473 g/mol. The first-order chi connectivity index (χ1) is 15.5. The van der Waals surface area contributed by atoms with E-state index in [4.69, 9.17) is 0 Å². The fraction of sp³-hybridized carbons (Fsp3) is 0.103. The van der Waals surface area contributed by atoms with Gasteiger partial charge in [-0.3, -0.25) is 0 Å². The summed E-state index contributed by atoms with van der Waals surface area (Å²) in [5.41, 5.74) is 4.96. The monoisotopic (exact) mass is 499 g/mol. The molecule has 4 aromatic rings. The van der Waals surface area contributed by atoms with E-state index in [1.165, 1.54) is 15.9 Å². The van der Waals surface area contributed by atoms with Crippen LogP contribution < -0.4 is 20.8 Å². The molecule has 0 aliphatic rings. The summed E-state index contributed by atoms with van der Waals surface area (Å²) in [6, 6.07) is 46.2. The van der Waals surface area contributed by atoms with Gasteiger partial charge in [-0.15, -0.1) is 0 Å². The van der Waals surface area contributed by atoms with Gasteiger partial charge < -0.3 is 0 Å². The van der Waals surface area contributed by atoms with E-state index >= 15 is 0 Å². The molecule has 0 unspecified atom stereocenters. The van der Waals surface area contributed by atoms with Gasteiger partial charge in [-0.05, 0) is 0 Å². The Morgan fingerprint density at radius 1 is 0.594 bits per heavy atom. The van der Waals surface area contributed by atoms with Crippen molar-refractivity contribution >= 4 is 42.4 Å². The third-order valence-corrected chi connectivity index (χ3v) is 14.2. The van der Waals surface area contributed by atoms with Crippen molar-refractivity contribution in [1.29, 1.82) is 0 Å². The topological polar surface area (TPSA) is 3.24 Å². The minimum absolute atomic E-state index is 0.230. The Kier molecular flexibility index (Phi) is 6.52. The molecule has 0 atom stereocenters. The third-order valence-electron chi connectivity index (χ3n) is 5.65. The predicted molar refractivity (Wildman–Crippen MR) is 146 cm³/mol. The first-order valence-corrected chi connectivity index (χ1v) is 15.1. The van der Waals surface area contributed by atoms with Gasteiger partial charge in [0.05, 0.1) is 0 Å². The van der Waals surface area contributed by atoms with E-state index in [1.54, 1.807) is 0 Å². The third kappa shape index (κ3) is 4.00. The van der Waals surface area contributed by atoms with Crippen LogP contribution in [-0.2, 0) is 0 Å². The number of anilines is 1. The SMILES string of the molecule is CC(C)N(C#CP(Br)(c1ccccc1)(c1ccccc1)c1ccccc1)c1ccccc1. The summed E-state index contributed by atoms with van der Waals surface area (Å²) in [4.78, 5) is 2.16. The van der Waals surface area contributed by atoms with Crippen LogP contribution in [0.5, 0.6) is 0 Å². The van der Waals surface area contributed by atoms with E-state index < -0.39 is 5.31 Å². The number of nitrogens with zero attached hydrogens (tertiary/aromatic N) is 1. The van der Waals surface area contributed by atoms with E-state index in [-0.39, 0.29) is 6.04 Å². The molecule has 4 rings (SSSR count). The summed E-state index contributed by atoms with van der Waals surface area (Å²) in [6.45, 7) is 4.36. The van der Waals surface area contributed by atoms with Gasteiger partial charge in [-0.2, -0.15) is 0 Å². The molecule has 0 spiro atoms. The van der Waals surface area contributed by atoms with Crippen molar-refractivity contribution in [2.75, 3.05) is 4.90 Å². The molecule has 0 aliphatic heterocycles. The maximum atomic E-state index is 4.40. The first-order valence-electron chi connectivity index (χ1n) is 10.8. The Morgan fingerprint density at radius 2 is 0.938 bits per heavy atom. The average Bonchev–Trinajstić information content (AvgIpc) is 2.86. The number of hydrogen-bond donors (Lipinski definition) is 0. The molecule has 0 bridgehead atoms. The van der Waals surface area contributed by atoms with Crippen molar-refractivity contribution in [3.8, 4) is 11.7 Å². The Hall–Kier alpha value is -2.85. The molecule has 0 aromatic heterocycles. The summed E-state index contributed by atoms with van der Waals surface area (Å²) in [6.07, 6.45) is 0. The van der Waals surface area contributed by atoms with Gasteiger partial charge in [-0.25, -0.2) is 0 Å². The standard InChI is InChI=1S/C29H27BrNP/c1-25(2)31(26-15-7-3-8-16-26)23-24-32(30,27-17-9-4-10-18-27,28-19-11-5-12-20-28)29-21-13-6-14-22-29/h3-22,25H,1-2H3. The second kappa shape index (κ2) is 9.33. The summed E-state index contributed by atoms with van der Waals surface area (Å²) >= 11 is 4.40. The zero-order valence-corrected chi connectivity index (χ0v) is 20.9. The van der Waals surface area contributed by atoms with Gasteiger partial charge in [0, 0.05) is 0 Å². The van der Waals surface area contributed by atoms with Gasteiger partial charge >= 0.3 is 200 Å². The van der Waals surface area contributed by atoms with Crippen molar-refractivity contribution in [2.24, 2.45) is 0 Å². The fourth-order valence-corrected chi connectivity index (χ4v) is 10.1. The fourth-order valence-electron chi connectivity index (χ4n) is 3.99. The number of hydrogen-bond acceptors (Lipinski definition) is 1. The molecule has 4 aromatic carbocycles. The maximum absolute atomic E-state index is 4.40. The van der Waals surface area contributed by atoms with Gasteiger partial charge in [-0.1, -0.05) is 0 Å². The van der Waals surface area contributed by atoms with Crippen LogP contribution in [0.2, 0.25) is 0 Å². The predicted octanol–water partition coefficient (Wildman–Crippen LogP) is 6.66. The Labute approximate surface area is 199 Å². The summed E-state index contributed by atoms with van der Waals surface area (Å²) in [7, 11) is 0. The van der Waals surface area contributed by atoms with Crippen molar-refractivity contribution in [1.82, 2.24) is 0 Å². The first kappa shape index (κ1) is 22.3. The Balaban J connectivity index is 2.07. The molecule has 0 aliphatic carbocycles. The van der Waals surface area contributed by atoms with Crippen molar-refractivity contribution in [3.05, 3.63) is 121 Å². The van der Waals surface area contributed by atoms with Crippen LogP contribution in [0.1, 0.15) is 13.8 Å². The van der Waals surface area contributed by atoms with Crippen molar-refractivity contribution < 1.29 is 0 Å². The molecule has 1 nitrogen and oxygen atoms in total. The second-order valence-corrected chi connectivity index (χ2v) is 16.1. The summed E-state index contributed by atoms with van der Waals surface area (Å²) in [5.74, 6) is 0. The van der Waals surface area contributed by atoms with Crippen LogP contribution in [0.3, 0.4) is 0 Å². The number of rotatable bonds is 5. The molecule has 0 saturated carbocycles. The van der Waals surface area contributed by atoms with Crippen molar-refractivity contribution in [3.63, 3.8) is 0 Å². The number of halogens is 1. The number of benzene rings is 4. The van der Waals surface area contributed by atoms with Gasteiger partial charge in [0.1, 0.15) is 0 Å². The van der Waals surface area contributed by atoms with Crippen LogP contribution in [0, 0.1) is 11.7 Å². The van der Waals surface area contributed by atoms with Gasteiger partial charge in [0.2, 0.25) is 0 Å². The van der Waals surface area contributed by atoms with Crippen LogP contribution in [0.25, 0.3) is 0 Å². The molecule has 3 heteroatoms. The molecule has 0 fully saturated rings. The second-order valence-electron chi connectivity index (χ2n) is 8.04. The van der Waals surface area contributed by atoms with Gasteiger partial charge in [0.15, 0.2) is 0 Å². The molecule has 0 amide bonds. The van der Waals surface area contributed by atoms with Crippen LogP contribution >= 0.6 is 20.8 Å². The van der Waals surface area contributed by atoms with E-state index in [0.29, 0.717) is 0 Å². The molecule has 160 valence electrons. The molecule has 0 saturated heterocycles. The molecule has 0 heterocycles. The average molecular weight is 500 g/mol. The van der Waals surface area contributed by atoms with E-state index in [9.17, 15) is 0 Å². The van der Waals surface area contributed by atoms with E-state index in [1.807, 2.05) is 6.07 Å². The molecular formula is C29H27BrNP. The Morgan fingerprint density at radius 3 is 1.28 bits per heavy atom. The van der Waals surface area contributed by atoms with Crippen LogP contribution in [-0.4, -0.2) is 6.04 Å². The number of para-hydroxylation sites is 1. The normalized spacial score (nSPS) is 12.3. The molecule has 0 radical (unpaired) electrons. The van der Waals surface area contributed by atoms with Crippen molar-refractivity contribution in [2.45, 2.75) is 19.9 Å². The van der Waals surface area contributed by atoms with Gasteiger partial charge in [0.25, 0.3) is 0 Å². The van der Waals surface area contributed by atoms with E-state index in [2.05, 4.69) is 161 Å².